The van der Waals surface area contributed by atoms with E-state index in [1.54, 1.807) is 6.07 Å². The zero-order valence-corrected chi connectivity index (χ0v) is 18.1. The zero-order chi connectivity index (χ0) is 20.8. The van der Waals surface area contributed by atoms with Gasteiger partial charge in [0.15, 0.2) is 19.1 Å². The molecule has 1 aromatic heterocycles. The summed E-state index contributed by atoms with van der Waals surface area (Å²) >= 11 is 6.59. The number of benzene rings is 2. The second-order valence-corrected chi connectivity index (χ2v) is 12.3. The van der Waals surface area contributed by atoms with Gasteiger partial charge < -0.3 is 0 Å². The van der Waals surface area contributed by atoms with E-state index in [0.717, 1.165) is 24.2 Å². The number of hydrogen-bond acceptors (Lipinski definition) is 6. The van der Waals surface area contributed by atoms with Crippen LogP contribution in [0.5, 0.6) is 0 Å². The van der Waals surface area contributed by atoms with Gasteiger partial charge in [-0.3, -0.25) is 0 Å². The second kappa shape index (κ2) is 7.46. The van der Waals surface area contributed by atoms with Crippen LogP contribution < -0.4 is 0 Å². The van der Waals surface area contributed by atoms with Crippen LogP contribution in [0.1, 0.15) is 12.8 Å². The van der Waals surface area contributed by atoms with Crippen LogP contribution in [0.25, 0.3) is 10.6 Å². The van der Waals surface area contributed by atoms with Crippen LogP contribution >= 0.6 is 22.9 Å². The van der Waals surface area contributed by atoms with Gasteiger partial charge in [-0.25, -0.2) is 26.2 Å². The van der Waals surface area contributed by atoms with Crippen molar-refractivity contribution in [2.24, 2.45) is 5.92 Å². The van der Waals surface area contributed by atoms with E-state index < -0.39 is 30.5 Å². The minimum Gasteiger partial charge on any atom is -0.223 e. The van der Waals surface area contributed by atoms with E-state index in [4.69, 9.17) is 11.6 Å². The molecule has 1 fully saturated rings. The molecule has 29 heavy (non-hydrogen) atoms. The first-order chi connectivity index (χ1) is 13.7. The smallest absolute Gasteiger partial charge is 0.223 e. The van der Waals surface area contributed by atoms with E-state index in [-0.39, 0.29) is 25.8 Å². The lowest BCUT2D eigenvalue weighted by Crippen LogP contribution is -2.12. The predicted octanol–water partition coefficient (Wildman–Crippen LogP) is 4.62. The quantitative estimate of drug-likeness (QED) is 0.524. The highest BCUT2D eigenvalue weighted by atomic mass is 35.5. The number of rotatable bonds is 6. The molecule has 0 aliphatic heterocycles. The maximum atomic E-state index is 13.6. The van der Waals surface area contributed by atoms with Gasteiger partial charge in [-0.1, -0.05) is 23.7 Å². The Morgan fingerprint density at radius 2 is 1.76 bits per heavy atom. The minimum atomic E-state index is -4.21. The Kier molecular flexibility index (Phi) is 5.27. The molecule has 0 spiro atoms. The lowest BCUT2D eigenvalue weighted by atomic mass is 10.2. The number of nitrogens with zero attached hydrogens (tertiary/aromatic N) is 1. The van der Waals surface area contributed by atoms with Crippen molar-refractivity contribution >= 4 is 42.6 Å². The molecular formula is C19H15ClFNO4S3. The van der Waals surface area contributed by atoms with E-state index in [1.165, 1.54) is 42.5 Å². The van der Waals surface area contributed by atoms with Crippen LogP contribution in [-0.4, -0.2) is 27.6 Å². The lowest BCUT2D eigenvalue weighted by Gasteiger charge is -2.05. The first kappa shape index (κ1) is 20.5. The molecule has 0 bridgehead atoms. The van der Waals surface area contributed by atoms with Crippen molar-refractivity contribution in [2.45, 2.75) is 27.0 Å². The highest BCUT2D eigenvalue weighted by Crippen LogP contribution is 2.40. The summed E-state index contributed by atoms with van der Waals surface area (Å²) in [4.78, 5) is 4.03. The second-order valence-electron chi connectivity index (χ2n) is 6.80. The zero-order valence-electron chi connectivity index (χ0n) is 14.9. The van der Waals surface area contributed by atoms with Gasteiger partial charge in [0.2, 0.25) is 9.84 Å². The molecule has 0 saturated heterocycles. The van der Waals surface area contributed by atoms with Gasteiger partial charge in [0.1, 0.15) is 10.8 Å². The molecule has 0 radical (unpaired) electrons. The summed E-state index contributed by atoms with van der Waals surface area (Å²) in [7, 11) is -8.08. The average Bonchev–Trinajstić information content (AvgIpc) is 3.33. The molecular weight excluding hydrogens is 457 g/mol. The van der Waals surface area contributed by atoms with Gasteiger partial charge in [0, 0.05) is 10.6 Å². The van der Waals surface area contributed by atoms with Gasteiger partial charge >= 0.3 is 0 Å². The van der Waals surface area contributed by atoms with Crippen molar-refractivity contribution in [3.63, 3.8) is 0 Å². The highest BCUT2D eigenvalue weighted by molar-refractivity contribution is 7.96. The van der Waals surface area contributed by atoms with Crippen molar-refractivity contribution in [3.05, 3.63) is 59.4 Å². The number of sulfone groups is 2. The Morgan fingerprint density at radius 3 is 2.38 bits per heavy atom. The Labute approximate surface area is 177 Å². The van der Waals surface area contributed by atoms with Crippen LogP contribution in [0.3, 0.4) is 0 Å². The molecule has 1 saturated carbocycles. The minimum absolute atomic E-state index is 0.0332. The molecule has 1 aliphatic carbocycles. The predicted molar refractivity (Wildman–Crippen MR) is 109 cm³/mol. The Bertz CT molecular complexity index is 1280. The topological polar surface area (TPSA) is 81.2 Å². The normalized spacial score (nSPS) is 14.8. The Hall–Kier alpha value is -1.81. The molecule has 0 amide bonds. The van der Waals surface area contributed by atoms with E-state index in [1.807, 2.05) is 0 Å². The van der Waals surface area contributed by atoms with Gasteiger partial charge in [0.05, 0.1) is 10.6 Å². The summed E-state index contributed by atoms with van der Waals surface area (Å²) < 4.78 is 65.6. The van der Waals surface area contributed by atoms with Gasteiger partial charge in [-0.2, -0.15) is 0 Å². The fourth-order valence-electron chi connectivity index (χ4n) is 2.80. The molecule has 1 aliphatic rings. The molecule has 5 nitrogen and oxygen atoms in total. The monoisotopic (exact) mass is 471 g/mol. The Balaban J connectivity index is 1.90. The molecule has 4 rings (SSSR count). The van der Waals surface area contributed by atoms with Gasteiger partial charge in [-0.05, 0) is 55.2 Å². The summed E-state index contributed by atoms with van der Waals surface area (Å²) in [5, 5.41) is -0.0413. The summed E-state index contributed by atoms with van der Waals surface area (Å²) in [5.41, 5.74) is 0.315. The molecule has 1 heterocycles. The van der Waals surface area contributed by atoms with Crippen molar-refractivity contribution in [1.29, 1.82) is 0 Å². The molecule has 0 N–H and O–H groups in total. The number of aromatic nitrogens is 1. The van der Waals surface area contributed by atoms with Gasteiger partial charge in [0.25, 0.3) is 0 Å². The summed E-state index contributed by atoms with van der Waals surface area (Å²) in [6, 6.07) is 10.9. The van der Waals surface area contributed by atoms with Crippen LogP contribution in [0.2, 0.25) is 5.02 Å². The van der Waals surface area contributed by atoms with Crippen molar-refractivity contribution in [1.82, 2.24) is 4.98 Å². The number of hydrogen-bond donors (Lipinski definition) is 0. The Morgan fingerprint density at radius 1 is 1.07 bits per heavy atom. The molecule has 152 valence electrons. The third-order valence-electron chi connectivity index (χ3n) is 4.45. The molecule has 0 unspecified atom stereocenters. The largest absolute Gasteiger partial charge is 0.226 e. The molecule has 2 aromatic carbocycles. The van der Waals surface area contributed by atoms with Crippen LogP contribution in [0.15, 0.2) is 62.7 Å². The fourth-order valence-corrected chi connectivity index (χ4v) is 8.35. The summed E-state index contributed by atoms with van der Waals surface area (Å²) in [6.07, 6.45) is 1.60. The summed E-state index contributed by atoms with van der Waals surface area (Å²) in [6.45, 7) is 0. The first-order valence-corrected chi connectivity index (χ1v) is 13.0. The van der Waals surface area contributed by atoms with Crippen molar-refractivity contribution in [3.8, 4) is 10.6 Å². The van der Waals surface area contributed by atoms with Crippen molar-refractivity contribution < 1.29 is 21.2 Å². The maximum Gasteiger partial charge on any atom is 0.226 e. The van der Waals surface area contributed by atoms with E-state index in [0.29, 0.717) is 10.6 Å². The van der Waals surface area contributed by atoms with Crippen LogP contribution in [0.4, 0.5) is 4.39 Å². The number of thiazole rings is 1. The lowest BCUT2D eigenvalue weighted by molar-refractivity contribution is 0.580. The first-order valence-electron chi connectivity index (χ1n) is 8.67. The molecule has 10 heteroatoms. The van der Waals surface area contributed by atoms with Gasteiger partial charge in [-0.15, -0.1) is 11.3 Å². The molecule has 3 aromatic rings. The van der Waals surface area contributed by atoms with E-state index in [2.05, 4.69) is 4.98 Å². The van der Waals surface area contributed by atoms with E-state index >= 15 is 0 Å². The maximum absolute atomic E-state index is 13.6. The third-order valence-corrected chi connectivity index (χ3v) is 10.2. The fraction of sp³-hybridized carbons (Fsp3) is 0.211. The van der Waals surface area contributed by atoms with Crippen LogP contribution in [-0.2, 0) is 19.7 Å². The standard InChI is InChI=1S/C19H15ClFNO4S3/c20-14-6-8-16(9-7-14)29(25,26)18-19(28(23,24)11-12-4-5-12)27-17(22-18)13-2-1-3-15(21)10-13/h1-3,6-10,12H,4-5,11H2. The third kappa shape index (κ3) is 4.23. The van der Waals surface area contributed by atoms with Crippen molar-refractivity contribution in [2.75, 3.05) is 5.75 Å². The molecule has 0 atom stereocenters. The van der Waals surface area contributed by atoms with Crippen LogP contribution in [0, 0.1) is 11.7 Å². The number of halogens is 2. The SMILES string of the molecule is O=S(=O)(CC1CC1)c1sc(-c2cccc(F)c2)nc1S(=O)(=O)c1ccc(Cl)cc1. The average molecular weight is 472 g/mol. The van der Waals surface area contributed by atoms with E-state index in [9.17, 15) is 21.2 Å². The summed E-state index contributed by atoms with van der Waals surface area (Å²) in [5.74, 6) is -0.617. The highest BCUT2D eigenvalue weighted by Gasteiger charge is 2.37.